The number of aromatic nitrogens is 1. The third-order valence-electron chi connectivity index (χ3n) is 3.84. The number of rotatable bonds is 5. The molecule has 6 heteroatoms. The van der Waals surface area contributed by atoms with E-state index in [1.165, 1.54) is 35.0 Å². The Kier molecular flexibility index (Phi) is 5.53. The first-order chi connectivity index (χ1) is 12.5. The summed E-state index contributed by atoms with van der Waals surface area (Å²) in [6.07, 6.45) is 3.48. The van der Waals surface area contributed by atoms with Gasteiger partial charge in [-0.3, -0.25) is 9.59 Å². The van der Waals surface area contributed by atoms with Gasteiger partial charge in [0, 0.05) is 22.8 Å². The number of amides is 1. The minimum Gasteiger partial charge on any atom is -0.322 e. The number of hydrogen-bond acceptors (Lipinski definition) is 3. The van der Waals surface area contributed by atoms with E-state index in [4.69, 9.17) is 0 Å². The number of nitrogens with zero attached hydrogens (tertiary/aromatic N) is 1. The Balaban J connectivity index is 1.80. The summed E-state index contributed by atoms with van der Waals surface area (Å²) in [6.45, 7) is 0.266. The lowest BCUT2D eigenvalue weighted by Crippen LogP contribution is -2.22. The number of halogens is 1. The van der Waals surface area contributed by atoms with Crippen LogP contribution in [-0.4, -0.2) is 16.7 Å². The molecule has 1 heterocycles. The van der Waals surface area contributed by atoms with Gasteiger partial charge in [0.25, 0.3) is 11.5 Å². The summed E-state index contributed by atoms with van der Waals surface area (Å²) in [5, 5.41) is 2.83. The highest BCUT2D eigenvalue weighted by atomic mass is 32.2. The van der Waals surface area contributed by atoms with Gasteiger partial charge in [0.15, 0.2) is 0 Å². The predicted octanol–water partition coefficient (Wildman–Crippen LogP) is 4.01. The maximum atomic E-state index is 13.0. The van der Waals surface area contributed by atoms with Crippen LogP contribution >= 0.6 is 11.8 Å². The molecule has 0 saturated heterocycles. The molecule has 0 bridgehead atoms. The molecule has 0 unspecified atom stereocenters. The Morgan fingerprint density at radius 2 is 1.88 bits per heavy atom. The second kappa shape index (κ2) is 8.01. The van der Waals surface area contributed by atoms with Gasteiger partial charge in [0.2, 0.25) is 0 Å². The van der Waals surface area contributed by atoms with Crippen molar-refractivity contribution >= 4 is 23.4 Å². The molecule has 0 aliphatic carbocycles. The largest absolute Gasteiger partial charge is 0.322 e. The van der Waals surface area contributed by atoms with Crippen molar-refractivity contribution in [3.05, 3.63) is 94.2 Å². The molecule has 0 spiro atoms. The average Bonchev–Trinajstić information content (AvgIpc) is 2.65. The number of thioether (sulfide) groups is 1. The van der Waals surface area contributed by atoms with Crippen molar-refractivity contribution in [2.24, 2.45) is 0 Å². The van der Waals surface area contributed by atoms with Crippen molar-refractivity contribution in [1.29, 1.82) is 0 Å². The zero-order valence-electron chi connectivity index (χ0n) is 14.1. The van der Waals surface area contributed by atoms with Crippen molar-refractivity contribution in [1.82, 2.24) is 4.57 Å². The minimum absolute atomic E-state index is 0.227. The Bertz CT molecular complexity index is 984. The highest BCUT2D eigenvalue weighted by molar-refractivity contribution is 7.98. The summed E-state index contributed by atoms with van der Waals surface area (Å²) in [4.78, 5) is 25.6. The number of nitrogens with one attached hydrogen (secondary N) is 1. The molecule has 132 valence electrons. The molecule has 0 radical (unpaired) electrons. The second-order valence-corrected chi connectivity index (χ2v) is 6.58. The van der Waals surface area contributed by atoms with Crippen LogP contribution in [0.4, 0.5) is 10.1 Å². The smallest absolute Gasteiger partial charge is 0.257 e. The van der Waals surface area contributed by atoms with Gasteiger partial charge in [-0.1, -0.05) is 18.2 Å². The number of pyridine rings is 1. The fraction of sp³-hybridized carbons (Fsp3) is 0.100. The summed E-state index contributed by atoms with van der Waals surface area (Å²) in [7, 11) is 0. The van der Waals surface area contributed by atoms with E-state index in [1.807, 2.05) is 30.5 Å². The van der Waals surface area contributed by atoms with Crippen molar-refractivity contribution in [2.75, 3.05) is 11.6 Å². The Hall–Kier alpha value is -2.86. The molecule has 0 aliphatic rings. The van der Waals surface area contributed by atoms with Crippen LogP contribution in [0, 0.1) is 5.82 Å². The summed E-state index contributed by atoms with van der Waals surface area (Å²) in [5.41, 5.74) is 1.62. The van der Waals surface area contributed by atoms with Crippen LogP contribution < -0.4 is 10.9 Å². The van der Waals surface area contributed by atoms with Gasteiger partial charge in [-0.05, 0) is 48.2 Å². The topological polar surface area (TPSA) is 51.1 Å². The quantitative estimate of drug-likeness (QED) is 0.693. The van der Waals surface area contributed by atoms with Gasteiger partial charge < -0.3 is 9.88 Å². The van der Waals surface area contributed by atoms with Crippen LogP contribution in [0.3, 0.4) is 0 Å². The maximum Gasteiger partial charge on any atom is 0.257 e. The molecule has 3 rings (SSSR count). The van der Waals surface area contributed by atoms with Crippen LogP contribution in [0.25, 0.3) is 0 Å². The van der Waals surface area contributed by atoms with E-state index in [0.29, 0.717) is 11.3 Å². The second-order valence-electron chi connectivity index (χ2n) is 5.70. The Morgan fingerprint density at radius 1 is 1.12 bits per heavy atom. The van der Waals surface area contributed by atoms with Gasteiger partial charge in [-0.25, -0.2) is 4.39 Å². The van der Waals surface area contributed by atoms with Crippen molar-refractivity contribution in [3.8, 4) is 0 Å². The van der Waals surface area contributed by atoms with Crippen LogP contribution in [-0.2, 0) is 6.54 Å². The SMILES string of the molecule is CSc1cccc(NC(=O)c2ccc(=O)n(Cc3ccc(F)cc3)c2)c1. The summed E-state index contributed by atoms with van der Waals surface area (Å²) >= 11 is 1.59. The molecule has 26 heavy (non-hydrogen) atoms. The summed E-state index contributed by atoms with van der Waals surface area (Å²) < 4.78 is 14.4. The monoisotopic (exact) mass is 368 g/mol. The first kappa shape index (κ1) is 17.9. The lowest BCUT2D eigenvalue weighted by molar-refractivity contribution is 0.102. The standard InChI is InChI=1S/C20H17FN2O2S/c1-26-18-4-2-3-17(11-18)22-20(25)15-7-10-19(24)23(13-15)12-14-5-8-16(21)9-6-14/h2-11,13H,12H2,1H3,(H,22,25). The van der Waals surface area contributed by atoms with Gasteiger partial charge in [0.05, 0.1) is 12.1 Å². The molecule has 0 atom stereocenters. The molecule has 1 N–H and O–H groups in total. The molecular formula is C20H17FN2O2S. The van der Waals surface area contributed by atoms with Crippen LogP contribution in [0.5, 0.6) is 0 Å². The number of carbonyl (C=O) groups excluding carboxylic acids is 1. The lowest BCUT2D eigenvalue weighted by Gasteiger charge is -2.10. The van der Waals surface area contributed by atoms with Gasteiger partial charge >= 0.3 is 0 Å². The molecule has 1 aromatic heterocycles. The van der Waals surface area contributed by atoms with Crippen LogP contribution in [0.2, 0.25) is 0 Å². The van der Waals surface area contributed by atoms with Crippen molar-refractivity contribution < 1.29 is 9.18 Å². The minimum atomic E-state index is -0.332. The fourth-order valence-corrected chi connectivity index (χ4v) is 2.94. The molecule has 4 nitrogen and oxygen atoms in total. The van der Waals surface area contributed by atoms with E-state index in [2.05, 4.69) is 5.32 Å². The zero-order chi connectivity index (χ0) is 18.5. The van der Waals surface area contributed by atoms with Crippen LogP contribution in [0.1, 0.15) is 15.9 Å². The van der Waals surface area contributed by atoms with Gasteiger partial charge in [-0.2, -0.15) is 0 Å². The number of carbonyl (C=O) groups is 1. The van der Waals surface area contributed by atoms with E-state index in [-0.39, 0.29) is 23.8 Å². The molecular weight excluding hydrogens is 351 g/mol. The molecule has 0 aliphatic heterocycles. The predicted molar refractivity (Wildman–Crippen MR) is 102 cm³/mol. The van der Waals surface area contributed by atoms with Gasteiger partial charge in [0.1, 0.15) is 5.82 Å². The highest BCUT2D eigenvalue weighted by Crippen LogP contribution is 2.19. The normalized spacial score (nSPS) is 10.5. The average molecular weight is 368 g/mol. The maximum absolute atomic E-state index is 13.0. The third kappa shape index (κ3) is 4.40. The van der Waals surface area contributed by atoms with E-state index in [0.717, 1.165) is 10.5 Å². The van der Waals surface area contributed by atoms with Gasteiger partial charge in [-0.15, -0.1) is 11.8 Å². The molecule has 1 amide bonds. The Morgan fingerprint density at radius 3 is 2.62 bits per heavy atom. The Labute approximate surface area is 154 Å². The molecule has 2 aromatic carbocycles. The summed E-state index contributed by atoms with van der Waals surface area (Å²) in [6, 6.07) is 16.3. The van der Waals surface area contributed by atoms with Crippen molar-refractivity contribution in [3.63, 3.8) is 0 Å². The third-order valence-corrected chi connectivity index (χ3v) is 4.56. The number of benzene rings is 2. The fourth-order valence-electron chi connectivity index (χ4n) is 2.48. The van der Waals surface area contributed by atoms with E-state index in [9.17, 15) is 14.0 Å². The van der Waals surface area contributed by atoms with Crippen LogP contribution in [0.15, 0.2) is 76.6 Å². The van der Waals surface area contributed by atoms with E-state index >= 15 is 0 Å². The zero-order valence-corrected chi connectivity index (χ0v) is 14.9. The first-order valence-electron chi connectivity index (χ1n) is 7.95. The van der Waals surface area contributed by atoms with Crippen molar-refractivity contribution in [2.45, 2.75) is 11.4 Å². The summed E-state index contributed by atoms with van der Waals surface area (Å²) in [5.74, 6) is -0.627. The molecule has 0 saturated carbocycles. The van der Waals surface area contributed by atoms with E-state index in [1.54, 1.807) is 23.9 Å². The number of anilines is 1. The number of hydrogen-bond donors (Lipinski definition) is 1. The highest BCUT2D eigenvalue weighted by Gasteiger charge is 2.09. The van der Waals surface area contributed by atoms with E-state index < -0.39 is 0 Å². The lowest BCUT2D eigenvalue weighted by atomic mass is 10.2. The molecule has 0 fully saturated rings. The first-order valence-corrected chi connectivity index (χ1v) is 9.18. The molecule has 3 aromatic rings.